The van der Waals surface area contributed by atoms with Crippen LogP contribution in [0.2, 0.25) is 5.15 Å². The Morgan fingerprint density at radius 3 is 2.96 bits per heavy atom. The third-order valence-electron chi connectivity index (χ3n) is 3.28. The Labute approximate surface area is 157 Å². The Kier molecular flexibility index (Phi) is 6.37. The fourth-order valence-electron chi connectivity index (χ4n) is 2.05. The number of rotatable bonds is 8. The Bertz CT molecular complexity index is 870. The second-order valence-electron chi connectivity index (χ2n) is 5.11. The molecule has 0 spiro atoms. The summed E-state index contributed by atoms with van der Waals surface area (Å²) in [6.07, 6.45) is 5.56. The maximum Gasteiger partial charge on any atom is 0.255 e. The summed E-state index contributed by atoms with van der Waals surface area (Å²) in [5, 5.41) is 3.58. The highest BCUT2D eigenvalue weighted by atomic mass is 35.5. The van der Waals surface area contributed by atoms with E-state index in [0.29, 0.717) is 35.4 Å². The number of aromatic nitrogens is 5. The molecule has 0 aliphatic carbocycles. The van der Waals surface area contributed by atoms with E-state index < -0.39 is 0 Å². The van der Waals surface area contributed by atoms with Gasteiger partial charge in [-0.15, -0.1) is 0 Å². The van der Waals surface area contributed by atoms with Crippen LogP contribution in [0.25, 0.3) is 0 Å². The van der Waals surface area contributed by atoms with Crippen molar-refractivity contribution in [3.8, 4) is 0 Å². The van der Waals surface area contributed by atoms with Crippen LogP contribution in [-0.4, -0.2) is 36.0 Å². The van der Waals surface area contributed by atoms with E-state index in [0.717, 1.165) is 28.7 Å². The van der Waals surface area contributed by atoms with Crippen molar-refractivity contribution < 1.29 is 0 Å². The molecule has 0 aromatic carbocycles. The summed E-state index contributed by atoms with van der Waals surface area (Å²) in [7, 11) is 0. The van der Waals surface area contributed by atoms with E-state index in [-0.39, 0.29) is 5.56 Å². The zero-order valence-electron chi connectivity index (χ0n) is 13.1. The monoisotopic (exact) mass is 394 g/mol. The molecular formula is C15H15ClN6OS2. The van der Waals surface area contributed by atoms with Crippen LogP contribution in [0, 0.1) is 0 Å². The zero-order valence-corrected chi connectivity index (χ0v) is 15.5. The second kappa shape index (κ2) is 8.93. The summed E-state index contributed by atoms with van der Waals surface area (Å²) < 4.78 is 8.04. The van der Waals surface area contributed by atoms with Crippen LogP contribution >= 0.6 is 35.1 Å². The molecule has 0 saturated carbocycles. The summed E-state index contributed by atoms with van der Waals surface area (Å²) in [4.78, 5) is 23.2. The van der Waals surface area contributed by atoms with E-state index in [1.807, 2.05) is 12.1 Å². The van der Waals surface area contributed by atoms with E-state index in [9.17, 15) is 4.79 Å². The highest BCUT2D eigenvalue weighted by molar-refractivity contribution is 7.98. The molecule has 0 saturated heterocycles. The van der Waals surface area contributed by atoms with Crippen LogP contribution in [0.15, 0.2) is 35.5 Å². The van der Waals surface area contributed by atoms with Gasteiger partial charge in [-0.25, -0.2) is 4.98 Å². The predicted octanol–water partition coefficient (Wildman–Crippen LogP) is 2.61. The van der Waals surface area contributed by atoms with Gasteiger partial charge < -0.3 is 5.32 Å². The topological polar surface area (TPSA) is 96.5 Å². The van der Waals surface area contributed by atoms with E-state index in [4.69, 9.17) is 11.6 Å². The molecule has 10 heteroatoms. The van der Waals surface area contributed by atoms with Crippen molar-refractivity contribution in [2.24, 2.45) is 0 Å². The largest absolute Gasteiger partial charge is 0.355 e. The van der Waals surface area contributed by atoms with Crippen molar-refractivity contribution in [2.75, 3.05) is 17.6 Å². The zero-order chi connectivity index (χ0) is 17.5. The first kappa shape index (κ1) is 17.8. The normalized spacial score (nSPS) is 10.8. The molecule has 130 valence electrons. The summed E-state index contributed by atoms with van der Waals surface area (Å²) in [6.45, 7) is 0.671. The van der Waals surface area contributed by atoms with Gasteiger partial charge in [-0.1, -0.05) is 17.7 Å². The molecular weight excluding hydrogens is 380 g/mol. The molecule has 0 atom stereocenters. The number of aromatic amines is 1. The third-order valence-corrected chi connectivity index (χ3v) is 5.22. The molecule has 7 nitrogen and oxygen atoms in total. The van der Waals surface area contributed by atoms with Crippen molar-refractivity contribution in [3.05, 3.63) is 63.1 Å². The molecule has 0 aliphatic rings. The Morgan fingerprint density at radius 1 is 1.32 bits per heavy atom. The van der Waals surface area contributed by atoms with E-state index in [1.54, 1.807) is 30.4 Å². The molecule has 0 amide bonds. The number of nitrogens with one attached hydrogen (secondary N) is 2. The minimum absolute atomic E-state index is 0.144. The van der Waals surface area contributed by atoms with Gasteiger partial charge in [0.05, 0.1) is 11.7 Å². The summed E-state index contributed by atoms with van der Waals surface area (Å²) >= 11 is 8.69. The molecule has 0 unspecified atom stereocenters. The summed E-state index contributed by atoms with van der Waals surface area (Å²) in [6, 6.07) is 3.78. The lowest BCUT2D eigenvalue weighted by Crippen LogP contribution is -2.18. The van der Waals surface area contributed by atoms with Gasteiger partial charge in [0, 0.05) is 48.6 Å². The first-order chi connectivity index (χ1) is 12.2. The molecule has 0 aliphatic heterocycles. The lowest BCUT2D eigenvalue weighted by Gasteiger charge is -2.06. The first-order valence-corrected chi connectivity index (χ1v) is 9.74. The van der Waals surface area contributed by atoms with Crippen molar-refractivity contribution in [3.63, 3.8) is 0 Å². The minimum Gasteiger partial charge on any atom is -0.355 e. The number of halogens is 1. The molecule has 25 heavy (non-hydrogen) atoms. The summed E-state index contributed by atoms with van der Waals surface area (Å²) in [5.74, 6) is 2.01. The van der Waals surface area contributed by atoms with Crippen molar-refractivity contribution in [2.45, 2.75) is 12.2 Å². The van der Waals surface area contributed by atoms with Crippen LogP contribution in [-0.2, 0) is 12.2 Å². The number of H-pyrrole nitrogens is 1. The van der Waals surface area contributed by atoms with Gasteiger partial charge in [0.15, 0.2) is 5.15 Å². The van der Waals surface area contributed by atoms with Crippen LogP contribution < -0.4 is 10.9 Å². The fraction of sp³-hybridized carbons (Fsp3) is 0.267. The number of anilines is 1. The molecule has 2 N–H and O–H groups in total. The van der Waals surface area contributed by atoms with Crippen molar-refractivity contribution in [1.29, 1.82) is 0 Å². The number of thioether (sulfide) groups is 1. The Morgan fingerprint density at radius 2 is 2.24 bits per heavy atom. The van der Waals surface area contributed by atoms with Gasteiger partial charge in [0.2, 0.25) is 5.95 Å². The molecule has 3 rings (SSSR count). The number of nitrogens with zero attached hydrogens (tertiary/aromatic N) is 4. The van der Waals surface area contributed by atoms with Crippen LogP contribution in [0.4, 0.5) is 5.95 Å². The molecule has 3 aromatic heterocycles. The smallest absolute Gasteiger partial charge is 0.255 e. The fourth-order valence-corrected chi connectivity index (χ4v) is 3.72. The first-order valence-electron chi connectivity index (χ1n) is 7.48. The van der Waals surface area contributed by atoms with Crippen molar-refractivity contribution in [1.82, 2.24) is 23.7 Å². The van der Waals surface area contributed by atoms with Crippen LogP contribution in [0.3, 0.4) is 0 Å². The third kappa shape index (κ3) is 5.25. The van der Waals surface area contributed by atoms with Gasteiger partial charge in [0.1, 0.15) is 5.69 Å². The lowest BCUT2D eigenvalue weighted by molar-refractivity contribution is 1.00. The average Bonchev–Trinajstić information content (AvgIpc) is 3.03. The molecule has 3 heterocycles. The molecule has 0 radical (unpaired) electrons. The molecule has 0 fully saturated rings. The lowest BCUT2D eigenvalue weighted by atomic mass is 10.1. The van der Waals surface area contributed by atoms with Crippen molar-refractivity contribution >= 4 is 41.0 Å². The van der Waals surface area contributed by atoms with Gasteiger partial charge in [-0.2, -0.15) is 20.5 Å². The SMILES string of the molecule is O=c1[nH]c(NCCSCc2nsnc2Cl)ncc1Cc1cccnc1. The predicted molar refractivity (Wildman–Crippen MR) is 101 cm³/mol. The van der Waals surface area contributed by atoms with E-state index >= 15 is 0 Å². The summed E-state index contributed by atoms with van der Waals surface area (Å²) in [5.41, 5.74) is 2.25. The van der Waals surface area contributed by atoms with Crippen LogP contribution in [0.5, 0.6) is 0 Å². The Hall–Kier alpha value is -1.97. The standard InChI is InChI=1S/C15H15ClN6OS2/c16-13-12(21-25-22-13)9-24-5-4-18-15-19-8-11(14(23)20-15)6-10-2-1-3-17-7-10/h1-3,7-8H,4-6,9H2,(H2,18,19,20,23). The van der Waals surface area contributed by atoms with Gasteiger partial charge in [0.25, 0.3) is 5.56 Å². The van der Waals surface area contributed by atoms with E-state index in [2.05, 4.69) is 29.0 Å². The molecule has 0 bridgehead atoms. The average molecular weight is 395 g/mol. The van der Waals surface area contributed by atoms with E-state index in [1.165, 1.54) is 0 Å². The molecule has 3 aromatic rings. The number of hydrogen-bond acceptors (Lipinski definition) is 8. The maximum atomic E-state index is 12.1. The highest BCUT2D eigenvalue weighted by Gasteiger charge is 2.06. The minimum atomic E-state index is -0.144. The van der Waals surface area contributed by atoms with Gasteiger partial charge >= 0.3 is 0 Å². The Balaban J connectivity index is 1.46. The van der Waals surface area contributed by atoms with Crippen LogP contribution in [0.1, 0.15) is 16.8 Å². The van der Waals surface area contributed by atoms with Gasteiger partial charge in [-0.05, 0) is 11.6 Å². The quantitative estimate of drug-likeness (QED) is 0.567. The highest BCUT2D eigenvalue weighted by Crippen LogP contribution is 2.18. The maximum absolute atomic E-state index is 12.1. The number of hydrogen-bond donors (Lipinski definition) is 2. The number of pyridine rings is 1. The second-order valence-corrected chi connectivity index (χ2v) is 7.10. The van der Waals surface area contributed by atoms with Gasteiger partial charge in [-0.3, -0.25) is 14.8 Å².